The molecule has 2 aromatic heterocycles. The van der Waals surface area contributed by atoms with E-state index in [9.17, 15) is 4.79 Å². The molecule has 1 saturated carbocycles. The quantitative estimate of drug-likeness (QED) is 0.757. The number of nitrogens with zero attached hydrogens (tertiary/aromatic N) is 2. The van der Waals surface area contributed by atoms with Crippen molar-refractivity contribution in [3.8, 4) is 0 Å². The molecule has 0 unspecified atom stereocenters. The van der Waals surface area contributed by atoms with Crippen molar-refractivity contribution in [3.05, 3.63) is 35.9 Å². The molecule has 0 amide bonds. The largest absolute Gasteiger partial charge is 0.303 e. The van der Waals surface area contributed by atoms with Gasteiger partial charge in [0.15, 0.2) is 0 Å². The minimum absolute atomic E-state index is 0.466. The molecule has 3 heteroatoms. The lowest BCUT2D eigenvalue weighted by Crippen LogP contribution is -2.05. The third kappa shape index (κ3) is 1.75. The topological polar surface area (TPSA) is 34.4 Å². The monoisotopic (exact) mass is 228 g/mol. The molecule has 1 aliphatic carbocycles. The van der Waals surface area contributed by atoms with Gasteiger partial charge >= 0.3 is 0 Å². The Kier molecular flexibility index (Phi) is 2.67. The van der Waals surface area contributed by atoms with Crippen molar-refractivity contribution < 1.29 is 4.79 Å². The van der Waals surface area contributed by atoms with Crippen LogP contribution in [0.2, 0.25) is 0 Å². The predicted octanol–water partition coefficient (Wildman–Crippen LogP) is 2.73. The van der Waals surface area contributed by atoms with E-state index in [2.05, 4.69) is 15.5 Å². The molecule has 0 spiro atoms. The van der Waals surface area contributed by atoms with Gasteiger partial charge in [-0.15, -0.1) is 0 Å². The van der Waals surface area contributed by atoms with E-state index in [1.54, 1.807) is 0 Å². The average Bonchev–Trinajstić information content (AvgIpc) is 2.98. The number of imidazole rings is 1. The molecule has 0 N–H and O–H groups in total. The number of aldehydes is 1. The number of fused-ring (bicyclic) bond motifs is 1. The molecule has 3 rings (SSSR count). The van der Waals surface area contributed by atoms with Crippen LogP contribution in [0.5, 0.6) is 0 Å². The molecule has 0 aromatic carbocycles. The molecule has 0 atom stereocenters. The summed E-state index contributed by atoms with van der Waals surface area (Å²) in [5, 5.41) is 0. The van der Waals surface area contributed by atoms with E-state index in [1.807, 2.05) is 18.3 Å². The van der Waals surface area contributed by atoms with Gasteiger partial charge in [-0.2, -0.15) is 0 Å². The zero-order valence-corrected chi connectivity index (χ0v) is 9.80. The van der Waals surface area contributed by atoms with Gasteiger partial charge < -0.3 is 9.20 Å². The minimum Gasteiger partial charge on any atom is -0.303 e. The third-order valence-electron chi connectivity index (χ3n) is 3.67. The van der Waals surface area contributed by atoms with Crippen molar-refractivity contribution in [2.45, 2.75) is 38.0 Å². The van der Waals surface area contributed by atoms with Gasteiger partial charge in [0.05, 0.1) is 11.7 Å². The molecule has 0 aliphatic heterocycles. The highest BCUT2D eigenvalue weighted by Crippen LogP contribution is 2.33. The lowest BCUT2D eigenvalue weighted by Gasteiger charge is -2.11. The summed E-state index contributed by atoms with van der Waals surface area (Å²) in [7, 11) is 0. The summed E-state index contributed by atoms with van der Waals surface area (Å²) in [4.78, 5) is 15.3. The number of hydrogen-bond acceptors (Lipinski definition) is 2. The SMILES string of the molecule is O=CCc1cccc2cnc(C3CCCC3)n12. The lowest BCUT2D eigenvalue weighted by molar-refractivity contribution is -0.107. The number of pyridine rings is 1. The molecule has 0 radical (unpaired) electrons. The minimum atomic E-state index is 0.466. The Labute approximate surface area is 100 Å². The smallest absolute Gasteiger partial charge is 0.125 e. The van der Waals surface area contributed by atoms with Crippen molar-refractivity contribution >= 4 is 11.8 Å². The normalized spacial score (nSPS) is 16.7. The molecule has 0 bridgehead atoms. The first kappa shape index (κ1) is 10.5. The average molecular weight is 228 g/mol. The van der Waals surface area contributed by atoms with Gasteiger partial charge in [-0.1, -0.05) is 18.9 Å². The highest BCUT2D eigenvalue weighted by molar-refractivity contribution is 5.56. The van der Waals surface area contributed by atoms with Crippen LogP contribution in [-0.2, 0) is 11.2 Å². The lowest BCUT2D eigenvalue weighted by atomic mass is 10.1. The summed E-state index contributed by atoms with van der Waals surface area (Å²) in [5.41, 5.74) is 2.16. The van der Waals surface area contributed by atoms with E-state index in [0.29, 0.717) is 12.3 Å². The first-order valence-electron chi connectivity index (χ1n) is 6.29. The summed E-state index contributed by atoms with van der Waals surface area (Å²) in [6.45, 7) is 0. The van der Waals surface area contributed by atoms with Crippen molar-refractivity contribution in [2.24, 2.45) is 0 Å². The van der Waals surface area contributed by atoms with Crippen LogP contribution in [0.15, 0.2) is 24.4 Å². The second kappa shape index (κ2) is 4.32. The van der Waals surface area contributed by atoms with Gasteiger partial charge in [0.1, 0.15) is 12.1 Å². The number of carbonyl (C=O) groups excluding carboxylic acids is 1. The van der Waals surface area contributed by atoms with Gasteiger partial charge in [0, 0.05) is 18.0 Å². The molecule has 1 aliphatic rings. The third-order valence-corrected chi connectivity index (χ3v) is 3.67. The fourth-order valence-electron chi connectivity index (χ4n) is 2.86. The highest BCUT2D eigenvalue weighted by Gasteiger charge is 2.22. The van der Waals surface area contributed by atoms with Crippen LogP contribution in [0.25, 0.3) is 5.52 Å². The van der Waals surface area contributed by atoms with Crippen LogP contribution >= 0.6 is 0 Å². The van der Waals surface area contributed by atoms with Gasteiger partial charge in [0.2, 0.25) is 0 Å². The Hall–Kier alpha value is -1.64. The van der Waals surface area contributed by atoms with Crippen LogP contribution in [-0.4, -0.2) is 15.7 Å². The summed E-state index contributed by atoms with van der Waals surface area (Å²) < 4.78 is 2.17. The van der Waals surface area contributed by atoms with Crippen LogP contribution in [0.4, 0.5) is 0 Å². The van der Waals surface area contributed by atoms with E-state index in [0.717, 1.165) is 23.3 Å². The van der Waals surface area contributed by atoms with Crippen LogP contribution in [0, 0.1) is 0 Å². The van der Waals surface area contributed by atoms with Crippen LogP contribution in [0.1, 0.15) is 43.1 Å². The molecule has 0 saturated heterocycles. The molecular formula is C14H16N2O. The zero-order chi connectivity index (χ0) is 11.7. The Morgan fingerprint density at radius 2 is 2.18 bits per heavy atom. The first-order chi connectivity index (χ1) is 8.40. The Balaban J connectivity index is 2.14. The molecule has 2 aromatic rings. The van der Waals surface area contributed by atoms with E-state index in [1.165, 1.54) is 25.7 Å². The maximum absolute atomic E-state index is 10.7. The fourth-order valence-corrected chi connectivity index (χ4v) is 2.86. The predicted molar refractivity (Wildman–Crippen MR) is 66.2 cm³/mol. The van der Waals surface area contributed by atoms with Gasteiger partial charge in [-0.25, -0.2) is 4.98 Å². The van der Waals surface area contributed by atoms with Crippen LogP contribution in [0.3, 0.4) is 0 Å². The maximum Gasteiger partial charge on any atom is 0.125 e. The van der Waals surface area contributed by atoms with Crippen molar-refractivity contribution in [1.29, 1.82) is 0 Å². The van der Waals surface area contributed by atoms with Crippen molar-refractivity contribution in [2.75, 3.05) is 0 Å². The molecule has 88 valence electrons. The number of carbonyl (C=O) groups is 1. The second-order valence-corrected chi connectivity index (χ2v) is 4.75. The van der Waals surface area contributed by atoms with Crippen molar-refractivity contribution in [3.63, 3.8) is 0 Å². The Morgan fingerprint density at radius 3 is 2.94 bits per heavy atom. The van der Waals surface area contributed by atoms with Gasteiger partial charge in [0.25, 0.3) is 0 Å². The Bertz CT molecular complexity index is 538. The van der Waals surface area contributed by atoms with E-state index in [-0.39, 0.29) is 0 Å². The number of aromatic nitrogens is 2. The van der Waals surface area contributed by atoms with Crippen molar-refractivity contribution in [1.82, 2.24) is 9.38 Å². The van der Waals surface area contributed by atoms with Crippen LogP contribution < -0.4 is 0 Å². The van der Waals surface area contributed by atoms with Gasteiger partial charge in [-0.05, 0) is 25.0 Å². The number of rotatable bonds is 3. The van der Waals surface area contributed by atoms with E-state index >= 15 is 0 Å². The summed E-state index contributed by atoms with van der Waals surface area (Å²) >= 11 is 0. The molecular weight excluding hydrogens is 212 g/mol. The standard InChI is InChI=1S/C14H16N2O/c17-9-8-12-6-3-7-13-10-15-14(16(12)13)11-4-1-2-5-11/h3,6-7,9-11H,1-2,4-5,8H2. The van der Waals surface area contributed by atoms with Gasteiger partial charge in [-0.3, -0.25) is 0 Å². The molecule has 17 heavy (non-hydrogen) atoms. The fraction of sp³-hybridized carbons (Fsp3) is 0.429. The molecule has 3 nitrogen and oxygen atoms in total. The maximum atomic E-state index is 10.7. The molecule has 2 heterocycles. The second-order valence-electron chi connectivity index (χ2n) is 4.75. The number of hydrogen-bond donors (Lipinski definition) is 0. The first-order valence-corrected chi connectivity index (χ1v) is 6.29. The molecule has 1 fully saturated rings. The summed E-state index contributed by atoms with van der Waals surface area (Å²) in [5.74, 6) is 1.72. The highest BCUT2D eigenvalue weighted by atomic mass is 16.1. The summed E-state index contributed by atoms with van der Waals surface area (Å²) in [6.07, 6.45) is 8.41. The van der Waals surface area contributed by atoms with E-state index in [4.69, 9.17) is 0 Å². The zero-order valence-electron chi connectivity index (χ0n) is 9.80. The Morgan fingerprint density at radius 1 is 1.35 bits per heavy atom. The van der Waals surface area contributed by atoms with E-state index < -0.39 is 0 Å². The summed E-state index contributed by atoms with van der Waals surface area (Å²) in [6, 6.07) is 6.07.